The van der Waals surface area contributed by atoms with Crippen LogP contribution in [0.3, 0.4) is 0 Å². The summed E-state index contributed by atoms with van der Waals surface area (Å²) >= 11 is 0. The van der Waals surface area contributed by atoms with Gasteiger partial charge in [0.05, 0.1) is 19.3 Å². The second kappa shape index (κ2) is 18.4. The Morgan fingerprint density at radius 1 is 0.676 bits per heavy atom. The molecule has 0 bridgehead atoms. The van der Waals surface area contributed by atoms with Gasteiger partial charge in [-0.2, -0.15) is 0 Å². The minimum atomic E-state index is -0.404. The molecule has 1 unspecified atom stereocenters. The van der Waals surface area contributed by atoms with Crippen LogP contribution in [0.15, 0.2) is 30.3 Å². The Morgan fingerprint density at radius 2 is 1.21 bits per heavy atom. The van der Waals surface area contributed by atoms with Gasteiger partial charge in [-0.1, -0.05) is 110 Å². The molecule has 0 amide bonds. The van der Waals surface area contributed by atoms with Crippen LogP contribution in [0.2, 0.25) is 0 Å². The molecule has 0 radical (unpaired) electrons. The third kappa shape index (κ3) is 12.2. The van der Waals surface area contributed by atoms with Gasteiger partial charge in [-0.15, -0.1) is 0 Å². The van der Waals surface area contributed by atoms with Crippen molar-refractivity contribution in [1.29, 1.82) is 0 Å². The number of ether oxygens (including phenoxy) is 2. The van der Waals surface area contributed by atoms with E-state index in [1.165, 1.54) is 44.9 Å². The van der Waals surface area contributed by atoms with Crippen molar-refractivity contribution in [3.63, 3.8) is 0 Å². The quantitative estimate of drug-likeness (QED) is 0.181. The molecule has 0 heterocycles. The van der Waals surface area contributed by atoms with Crippen LogP contribution in [-0.4, -0.2) is 31.0 Å². The maximum atomic E-state index is 10.0. The molecular weight excluding hydrogens is 420 g/mol. The van der Waals surface area contributed by atoms with E-state index in [4.69, 9.17) is 9.47 Å². The monoisotopic (exact) mass is 476 g/mol. The molecule has 1 aromatic rings. The highest BCUT2D eigenvalue weighted by Gasteiger charge is 2.39. The number of benzene rings is 1. The highest BCUT2D eigenvalue weighted by atomic mass is 16.5. The Kier molecular flexibility index (Phi) is 16.8. The lowest BCUT2D eigenvalue weighted by Crippen LogP contribution is -2.38. The third-order valence-electron chi connectivity index (χ3n) is 7.87. The van der Waals surface area contributed by atoms with E-state index in [2.05, 4.69) is 41.5 Å². The number of hydrogen-bond acceptors (Lipinski definition) is 3. The maximum absolute atomic E-state index is 10.0. The van der Waals surface area contributed by atoms with E-state index >= 15 is 0 Å². The van der Waals surface area contributed by atoms with Crippen molar-refractivity contribution in [2.24, 2.45) is 23.2 Å². The van der Waals surface area contributed by atoms with Gasteiger partial charge >= 0.3 is 0 Å². The fourth-order valence-corrected chi connectivity index (χ4v) is 5.88. The fourth-order valence-electron chi connectivity index (χ4n) is 5.88. The van der Waals surface area contributed by atoms with Crippen LogP contribution in [0.5, 0.6) is 0 Å². The summed E-state index contributed by atoms with van der Waals surface area (Å²) in [5, 5.41) is 10.0. The lowest BCUT2D eigenvalue weighted by atomic mass is 9.60. The first-order valence-corrected chi connectivity index (χ1v) is 14.2. The number of unbranched alkanes of at least 4 members (excludes halogenated alkanes) is 6. The van der Waals surface area contributed by atoms with Gasteiger partial charge in [0.15, 0.2) is 0 Å². The van der Waals surface area contributed by atoms with Crippen molar-refractivity contribution in [3.05, 3.63) is 35.9 Å². The van der Waals surface area contributed by atoms with Gasteiger partial charge < -0.3 is 14.6 Å². The van der Waals surface area contributed by atoms with E-state index < -0.39 is 6.10 Å². The Labute approximate surface area is 212 Å². The van der Waals surface area contributed by atoms with Gasteiger partial charge in [-0.25, -0.2) is 0 Å². The highest BCUT2D eigenvalue weighted by Crippen LogP contribution is 2.47. The second-order valence-corrected chi connectivity index (χ2v) is 11.2. The Morgan fingerprint density at radius 3 is 1.79 bits per heavy atom. The normalized spacial score (nSPS) is 13.4. The van der Waals surface area contributed by atoms with E-state index in [0.717, 1.165) is 55.8 Å². The smallest absolute Gasteiger partial charge is 0.0774 e. The average molecular weight is 477 g/mol. The lowest BCUT2D eigenvalue weighted by molar-refractivity contribution is 0.0185. The predicted molar refractivity (Wildman–Crippen MR) is 146 cm³/mol. The van der Waals surface area contributed by atoms with E-state index in [0.29, 0.717) is 18.6 Å². The first kappa shape index (κ1) is 31.1. The molecule has 1 N–H and O–H groups in total. The number of hydrogen-bond donors (Lipinski definition) is 1. The SMILES string of the molecule is CC(C)C(CCCCCCCCCOCCCC(O)COCc1ccccc1)(C(C)C)C(C)C. The zero-order valence-electron chi connectivity index (χ0n) is 23.4. The van der Waals surface area contributed by atoms with Crippen LogP contribution in [0.4, 0.5) is 0 Å². The summed E-state index contributed by atoms with van der Waals surface area (Å²) in [6.07, 6.45) is 11.8. The largest absolute Gasteiger partial charge is 0.391 e. The highest BCUT2D eigenvalue weighted by molar-refractivity contribution is 5.13. The molecule has 198 valence electrons. The first-order valence-electron chi connectivity index (χ1n) is 14.2. The van der Waals surface area contributed by atoms with Crippen LogP contribution in [0.25, 0.3) is 0 Å². The molecule has 1 aromatic carbocycles. The van der Waals surface area contributed by atoms with Crippen molar-refractivity contribution in [2.45, 2.75) is 118 Å². The predicted octanol–water partition coefficient (Wildman–Crippen LogP) is 8.44. The Bertz CT molecular complexity index is 560. The Balaban J connectivity index is 1.93. The molecule has 3 heteroatoms. The van der Waals surface area contributed by atoms with Crippen LogP contribution >= 0.6 is 0 Å². The molecule has 0 saturated carbocycles. The summed E-state index contributed by atoms with van der Waals surface area (Å²) < 4.78 is 11.4. The molecule has 3 nitrogen and oxygen atoms in total. The van der Waals surface area contributed by atoms with Gasteiger partial charge in [-0.05, 0) is 54.4 Å². The van der Waals surface area contributed by atoms with E-state index in [1.807, 2.05) is 30.3 Å². The summed E-state index contributed by atoms with van der Waals surface area (Å²) in [4.78, 5) is 0. The summed E-state index contributed by atoms with van der Waals surface area (Å²) in [5.41, 5.74) is 1.63. The lowest BCUT2D eigenvalue weighted by Gasteiger charge is -2.45. The van der Waals surface area contributed by atoms with Crippen LogP contribution in [0, 0.1) is 23.2 Å². The molecule has 1 atom stereocenters. The standard InChI is InChI=1S/C31H56O3/c1-26(2)31(27(3)4,28(5)6)21-15-10-8-7-9-11-16-22-33-23-17-20-30(32)25-34-24-29-18-13-12-14-19-29/h12-14,18-19,26-28,30,32H,7-11,15-17,20-25H2,1-6H3. The molecule has 0 aliphatic heterocycles. The summed E-state index contributed by atoms with van der Waals surface area (Å²) in [7, 11) is 0. The molecule has 0 aliphatic rings. The first-order chi connectivity index (χ1) is 16.3. The minimum absolute atomic E-state index is 0.391. The molecule has 0 fully saturated rings. The zero-order valence-corrected chi connectivity index (χ0v) is 23.4. The molecule has 1 rings (SSSR count). The maximum Gasteiger partial charge on any atom is 0.0774 e. The van der Waals surface area contributed by atoms with E-state index in [-0.39, 0.29) is 0 Å². The molecule has 0 aliphatic carbocycles. The fraction of sp³-hybridized carbons (Fsp3) is 0.806. The molecule has 0 aromatic heterocycles. The summed E-state index contributed by atoms with van der Waals surface area (Å²) in [5.74, 6) is 2.26. The summed E-state index contributed by atoms with van der Waals surface area (Å²) in [6, 6.07) is 10.1. The minimum Gasteiger partial charge on any atom is -0.391 e. The van der Waals surface area contributed by atoms with Crippen LogP contribution in [0.1, 0.15) is 111 Å². The van der Waals surface area contributed by atoms with Crippen molar-refractivity contribution in [3.8, 4) is 0 Å². The van der Waals surface area contributed by atoms with Crippen molar-refractivity contribution in [2.75, 3.05) is 19.8 Å². The zero-order chi connectivity index (χ0) is 25.2. The Hall–Kier alpha value is -0.900. The van der Waals surface area contributed by atoms with Gasteiger partial charge in [0.25, 0.3) is 0 Å². The number of aliphatic hydroxyl groups excluding tert-OH is 1. The van der Waals surface area contributed by atoms with E-state index in [9.17, 15) is 5.11 Å². The second-order valence-electron chi connectivity index (χ2n) is 11.2. The van der Waals surface area contributed by atoms with Crippen molar-refractivity contribution in [1.82, 2.24) is 0 Å². The molecular formula is C31H56O3. The van der Waals surface area contributed by atoms with E-state index in [1.54, 1.807) is 0 Å². The van der Waals surface area contributed by atoms with Gasteiger partial charge in [-0.3, -0.25) is 0 Å². The van der Waals surface area contributed by atoms with Crippen molar-refractivity contribution < 1.29 is 14.6 Å². The van der Waals surface area contributed by atoms with Crippen LogP contribution < -0.4 is 0 Å². The van der Waals surface area contributed by atoms with Gasteiger partial charge in [0, 0.05) is 13.2 Å². The van der Waals surface area contributed by atoms with Crippen molar-refractivity contribution >= 4 is 0 Å². The van der Waals surface area contributed by atoms with Gasteiger partial charge in [0.1, 0.15) is 0 Å². The third-order valence-corrected chi connectivity index (χ3v) is 7.87. The number of rotatable bonds is 21. The molecule has 0 saturated heterocycles. The summed E-state index contributed by atoms with van der Waals surface area (Å²) in [6.45, 7) is 17.1. The number of aliphatic hydroxyl groups is 1. The topological polar surface area (TPSA) is 38.7 Å². The van der Waals surface area contributed by atoms with Crippen LogP contribution in [-0.2, 0) is 16.1 Å². The molecule has 0 spiro atoms. The molecule has 34 heavy (non-hydrogen) atoms. The van der Waals surface area contributed by atoms with Gasteiger partial charge in [0.2, 0.25) is 0 Å². The average Bonchev–Trinajstić information content (AvgIpc) is 2.79.